The third-order valence-corrected chi connectivity index (χ3v) is 11.5. The molecule has 0 radical (unpaired) electrons. The van der Waals surface area contributed by atoms with E-state index < -0.39 is 0 Å². The van der Waals surface area contributed by atoms with Crippen molar-refractivity contribution < 1.29 is 49.0 Å². The van der Waals surface area contributed by atoms with Crippen LogP contribution in [-0.4, -0.2) is 3.21 Å². The van der Waals surface area contributed by atoms with Crippen molar-refractivity contribution in [3.8, 4) is 33.4 Å². The second-order valence-corrected chi connectivity index (χ2v) is 14.7. The monoisotopic (exact) mass is 811 g/mol. The first kappa shape index (κ1) is 38.9. The van der Waals surface area contributed by atoms with Gasteiger partial charge in [0.2, 0.25) is 0 Å². The van der Waals surface area contributed by atoms with Crippen molar-refractivity contribution in [2.24, 2.45) is 0 Å². The quantitative estimate of drug-likeness (QED) is 0.153. The summed E-state index contributed by atoms with van der Waals surface area (Å²) >= 11 is 1.46. The van der Waals surface area contributed by atoms with Gasteiger partial charge in [-0.25, -0.2) is 0 Å². The van der Waals surface area contributed by atoms with Gasteiger partial charge in [0.05, 0.1) is 0 Å². The Hall–Kier alpha value is -4.78. The number of fused-ring (bicyclic) bond motifs is 3. The summed E-state index contributed by atoms with van der Waals surface area (Å²) in [5.41, 5.74) is 15.8. The predicted octanol–water partition coefficient (Wildman–Crippen LogP) is 7.48. The van der Waals surface area contributed by atoms with Gasteiger partial charge in [-0.05, 0) is 48.1 Å². The Morgan fingerprint density at radius 3 is 1.52 bits per heavy atom. The summed E-state index contributed by atoms with van der Waals surface area (Å²) in [5.74, 6) is 0. The molecule has 0 N–H and O–H groups in total. The Bertz CT molecular complexity index is 2540. The molecular weight excluding hydrogens is 775 g/mol. The third kappa shape index (κ3) is 7.73. The van der Waals surface area contributed by atoms with Gasteiger partial charge in [0.15, 0.2) is 0 Å². The number of benzene rings is 7. The van der Waals surface area contributed by atoms with Crippen molar-refractivity contribution in [3.63, 3.8) is 0 Å². The number of hydrogen-bond acceptors (Lipinski definition) is 0. The molecule has 1 aliphatic carbocycles. The normalized spacial score (nSPS) is 11.7. The van der Waals surface area contributed by atoms with E-state index in [1.54, 1.807) is 0 Å². The standard InChI is InChI=1S/C38H29.C13H10.2ClH.Zr/c1-25-22-31-24-33-34(28-20-12-13-21-28)26(2)35(29-16-8-4-9-17-29)37(30-18-10-5-11-19-30)38(33)36(31)32(23-25)27-14-6-3-7-15-27;1-3-7-12(8-4-1)11-13-9-5-2-6-10-13;;;/h3-20,22-24H,21H2,1-2H3;1-10H;2*1H;/q-1;;;;+2/p-2. The minimum absolute atomic E-state index is 0. The fraction of sp³-hybridized carbons (Fsp3) is 0.0588. The van der Waals surface area contributed by atoms with Crippen LogP contribution in [0.15, 0.2) is 188 Å². The van der Waals surface area contributed by atoms with E-state index in [1.807, 2.05) is 0 Å². The van der Waals surface area contributed by atoms with E-state index >= 15 is 0 Å². The second-order valence-electron chi connectivity index (χ2n) is 13.5. The van der Waals surface area contributed by atoms with E-state index in [4.69, 9.17) is 0 Å². The molecule has 262 valence electrons. The van der Waals surface area contributed by atoms with E-state index in [9.17, 15) is 0 Å². The molecule has 1 aliphatic rings. The maximum absolute atomic E-state index is 2.45. The van der Waals surface area contributed by atoms with Crippen molar-refractivity contribution >= 4 is 30.3 Å². The van der Waals surface area contributed by atoms with Gasteiger partial charge >= 0.3 is 99.2 Å². The topological polar surface area (TPSA) is 0 Å². The van der Waals surface area contributed by atoms with Crippen LogP contribution in [0.3, 0.4) is 0 Å². The minimum atomic E-state index is 0. The molecule has 0 bridgehead atoms. The number of halogens is 2. The van der Waals surface area contributed by atoms with Crippen LogP contribution in [-0.2, 0) is 24.2 Å². The Labute approximate surface area is 346 Å². The van der Waals surface area contributed by atoms with Crippen LogP contribution in [0.25, 0.3) is 60.5 Å². The van der Waals surface area contributed by atoms with Gasteiger partial charge in [0.25, 0.3) is 0 Å². The van der Waals surface area contributed by atoms with Gasteiger partial charge in [-0.15, -0.1) is 28.3 Å². The summed E-state index contributed by atoms with van der Waals surface area (Å²) in [6.45, 7) is 4.54. The molecule has 0 heterocycles. The average molecular weight is 814 g/mol. The fourth-order valence-electron chi connectivity index (χ4n) is 7.79. The van der Waals surface area contributed by atoms with Crippen LogP contribution in [0.4, 0.5) is 0 Å². The number of aryl methyl sites for hydroxylation is 1. The summed E-state index contributed by atoms with van der Waals surface area (Å²) < 4.78 is 1.42. The summed E-state index contributed by atoms with van der Waals surface area (Å²) in [7, 11) is 0. The zero-order chi connectivity index (χ0) is 35.4. The SMILES string of the molecule is Cc1cc(-c2ccccc2)c2c(c1)[cH-]c1c(C3=CC=CC3)c(C)c(-c3ccccc3)c(-c3ccccc3)c12.[Cl-].[Cl-].[Zr+2]=[C](c1ccccc1)c1ccccc1. The molecule has 0 aromatic heterocycles. The van der Waals surface area contributed by atoms with E-state index in [0.717, 1.165) is 6.42 Å². The van der Waals surface area contributed by atoms with Crippen LogP contribution in [0.5, 0.6) is 0 Å². The Kier molecular flexibility index (Phi) is 12.7. The second kappa shape index (κ2) is 17.6. The fourth-order valence-corrected chi connectivity index (χ4v) is 8.61. The van der Waals surface area contributed by atoms with Crippen LogP contribution < -0.4 is 24.8 Å². The summed E-state index contributed by atoms with van der Waals surface area (Å²) in [6, 6.07) is 61.1. The van der Waals surface area contributed by atoms with Gasteiger partial charge in [-0.3, -0.25) is 0 Å². The van der Waals surface area contributed by atoms with E-state index in [1.165, 1.54) is 116 Å². The molecule has 8 aromatic carbocycles. The Morgan fingerprint density at radius 2 is 1.02 bits per heavy atom. The average Bonchev–Trinajstić information content (AvgIpc) is 3.87. The molecule has 8 aromatic rings. The maximum atomic E-state index is 2.45. The van der Waals surface area contributed by atoms with E-state index in [2.05, 4.69) is 202 Å². The summed E-state index contributed by atoms with van der Waals surface area (Å²) in [5, 5.41) is 5.38. The van der Waals surface area contributed by atoms with E-state index in [0.29, 0.717) is 0 Å². The molecule has 0 aliphatic heterocycles. The molecule has 0 saturated carbocycles. The molecule has 54 heavy (non-hydrogen) atoms. The van der Waals surface area contributed by atoms with Crippen molar-refractivity contribution in [1.82, 2.24) is 0 Å². The van der Waals surface area contributed by atoms with Crippen molar-refractivity contribution in [2.45, 2.75) is 20.3 Å². The molecule has 0 fully saturated rings. The number of hydrogen-bond donors (Lipinski definition) is 0. The molecule has 0 nitrogen and oxygen atoms in total. The molecule has 0 amide bonds. The Balaban J connectivity index is 0.000000263. The molecular formula is C51H39Cl2Zr-. The third-order valence-electron chi connectivity index (χ3n) is 10.1. The van der Waals surface area contributed by atoms with Crippen molar-refractivity contribution in [2.75, 3.05) is 0 Å². The molecule has 9 rings (SSSR count). The number of allylic oxidation sites excluding steroid dienone is 4. The van der Waals surface area contributed by atoms with Gasteiger partial charge in [-0.2, -0.15) is 0 Å². The number of rotatable bonds is 6. The van der Waals surface area contributed by atoms with Gasteiger partial charge in [-0.1, -0.05) is 149 Å². The summed E-state index contributed by atoms with van der Waals surface area (Å²) in [6.07, 6.45) is 7.76. The van der Waals surface area contributed by atoms with Crippen LogP contribution in [0.1, 0.15) is 34.2 Å². The van der Waals surface area contributed by atoms with Crippen molar-refractivity contribution in [3.05, 3.63) is 216 Å². The first-order valence-electron chi connectivity index (χ1n) is 18.0. The zero-order valence-corrected chi connectivity index (χ0v) is 34.3. The molecule has 0 spiro atoms. The Morgan fingerprint density at radius 1 is 0.537 bits per heavy atom. The molecule has 0 saturated heterocycles. The first-order chi connectivity index (χ1) is 25.6. The summed E-state index contributed by atoms with van der Waals surface area (Å²) in [4.78, 5) is 0. The molecule has 0 unspecified atom stereocenters. The van der Waals surface area contributed by atoms with Gasteiger partial charge in [0.1, 0.15) is 0 Å². The predicted molar refractivity (Wildman–Crippen MR) is 221 cm³/mol. The van der Waals surface area contributed by atoms with Gasteiger partial charge in [0, 0.05) is 0 Å². The van der Waals surface area contributed by atoms with Crippen molar-refractivity contribution in [1.29, 1.82) is 0 Å². The van der Waals surface area contributed by atoms with Crippen LogP contribution in [0.2, 0.25) is 0 Å². The van der Waals surface area contributed by atoms with Gasteiger partial charge < -0.3 is 24.8 Å². The molecule has 3 heteroatoms. The van der Waals surface area contributed by atoms with Crippen LogP contribution >= 0.6 is 0 Å². The molecule has 0 atom stereocenters. The zero-order valence-electron chi connectivity index (χ0n) is 30.4. The van der Waals surface area contributed by atoms with Crippen LogP contribution in [0, 0.1) is 13.8 Å². The van der Waals surface area contributed by atoms with E-state index in [-0.39, 0.29) is 24.8 Å². The first-order valence-corrected chi connectivity index (χ1v) is 19.2.